The van der Waals surface area contributed by atoms with E-state index in [0.717, 1.165) is 6.07 Å². The van der Waals surface area contributed by atoms with E-state index >= 15 is 0 Å². The summed E-state index contributed by atoms with van der Waals surface area (Å²) < 4.78 is 24.5. The summed E-state index contributed by atoms with van der Waals surface area (Å²) in [5.41, 5.74) is 5.59. The lowest BCUT2D eigenvalue weighted by molar-refractivity contribution is 0.0952. The van der Waals surface area contributed by atoms with Gasteiger partial charge in [0, 0.05) is 34.5 Å². The predicted octanol–water partition coefficient (Wildman–Crippen LogP) is 0.906. The average molecular weight is 258 g/mol. The van der Waals surface area contributed by atoms with Crippen LogP contribution in [0.4, 0.5) is 10.1 Å². The molecule has 0 saturated carbocycles. The molecule has 0 fully saturated rings. The van der Waals surface area contributed by atoms with Crippen molar-refractivity contribution in [1.29, 1.82) is 0 Å². The van der Waals surface area contributed by atoms with Crippen LogP contribution in [-0.2, 0) is 10.8 Å². The molecular weight excluding hydrogens is 243 g/mol. The largest absolute Gasteiger partial charge is 0.399 e. The van der Waals surface area contributed by atoms with Crippen molar-refractivity contribution in [2.24, 2.45) is 0 Å². The van der Waals surface area contributed by atoms with Gasteiger partial charge in [-0.2, -0.15) is 0 Å². The van der Waals surface area contributed by atoms with Crippen LogP contribution in [0.1, 0.15) is 17.3 Å². The fourth-order valence-electron chi connectivity index (χ4n) is 1.23. The second-order valence-corrected chi connectivity index (χ2v) is 5.29. The van der Waals surface area contributed by atoms with Crippen molar-refractivity contribution < 1.29 is 13.4 Å². The molecule has 4 nitrogen and oxygen atoms in total. The number of carbonyl (C=O) groups excluding carboxylic acids is 1. The van der Waals surface area contributed by atoms with Gasteiger partial charge in [-0.25, -0.2) is 4.39 Å². The van der Waals surface area contributed by atoms with Gasteiger partial charge in [-0.15, -0.1) is 0 Å². The second-order valence-electron chi connectivity index (χ2n) is 3.43. The number of nitrogens with two attached hydrogens (primary N) is 1. The summed E-state index contributed by atoms with van der Waals surface area (Å²) >= 11 is 0. The van der Waals surface area contributed by atoms with Gasteiger partial charge in [-0.1, -0.05) is 6.92 Å². The van der Waals surface area contributed by atoms with Crippen LogP contribution in [0.25, 0.3) is 0 Å². The van der Waals surface area contributed by atoms with E-state index in [9.17, 15) is 13.4 Å². The minimum absolute atomic E-state index is 0.0542. The van der Waals surface area contributed by atoms with E-state index in [1.165, 1.54) is 12.1 Å². The first-order valence-corrected chi connectivity index (χ1v) is 6.71. The van der Waals surface area contributed by atoms with Crippen molar-refractivity contribution in [2.45, 2.75) is 6.92 Å². The minimum Gasteiger partial charge on any atom is -0.399 e. The number of anilines is 1. The molecule has 6 heteroatoms. The summed E-state index contributed by atoms with van der Waals surface area (Å²) in [5, 5.41) is 2.51. The lowest BCUT2D eigenvalue weighted by Crippen LogP contribution is -2.28. The van der Waals surface area contributed by atoms with Crippen molar-refractivity contribution in [3.8, 4) is 0 Å². The van der Waals surface area contributed by atoms with E-state index in [2.05, 4.69) is 5.32 Å². The quantitative estimate of drug-likeness (QED) is 0.771. The summed E-state index contributed by atoms with van der Waals surface area (Å²) in [6.45, 7) is 2.07. The van der Waals surface area contributed by atoms with Crippen LogP contribution >= 0.6 is 0 Å². The standard InChI is InChI=1S/C11H15FN2O2S/c1-2-17(16)6-5-14-11(15)9-4-3-8(13)7-10(9)12/h3-4,7H,2,5-6,13H2,1H3,(H,14,15). The van der Waals surface area contributed by atoms with Crippen molar-refractivity contribution in [3.05, 3.63) is 29.6 Å². The minimum atomic E-state index is -0.937. The first kappa shape index (κ1) is 13.6. The summed E-state index contributed by atoms with van der Waals surface area (Å²) in [6, 6.07) is 3.89. The lowest BCUT2D eigenvalue weighted by Gasteiger charge is -2.06. The average Bonchev–Trinajstić information content (AvgIpc) is 2.28. The molecule has 1 atom stereocenters. The number of hydrogen-bond donors (Lipinski definition) is 2. The molecule has 94 valence electrons. The summed E-state index contributed by atoms with van der Waals surface area (Å²) in [6.07, 6.45) is 0. The number of hydrogen-bond acceptors (Lipinski definition) is 3. The number of carbonyl (C=O) groups is 1. The number of rotatable bonds is 5. The van der Waals surface area contributed by atoms with Gasteiger partial charge >= 0.3 is 0 Å². The number of amides is 1. The molecule has 0 saturated heterocycles. The van der Waals surface area contributed by atoms with Gasteiger partial charge in [0.05, 0.1) is 5.56 Å². The summed E-state index contributed by atoms with van der Waals surface area (Å²) in [5.74, 6) is -0.250. The fraction of sp³-hybridized carbons (Fsp3) is 0.364. The molecule has 0 aliphatic carbocycles. The molecule has 17 heavy (non-hydrogen) atoms. The van der Waals surface area contributed by atoms with Crippen LogP contribution in [0.2, 0.25) is 0 Å². The highest BCUT2D eigenvalue weighted by Gasteiger charge is 2.11. The third-order valence-electron chi connectivity index (χ3n) is 2.18. The molecular formula is C11H15FN2O2S. The molecule has 3 N–H and O–H groups in total. The van der Waals surface area contributed by atoms with Gasteiger partial charge in [-0.05, 0) is 18.2 Å². The van der Waals surface area contributed by atoms with Crippen molar-refractivity contribution in [2.75, 3.05) is 23.8 Å². The zero-order valence-electron chi connectivity index (χ0n) is 9.53. The number of nitrogens with one attached hydrogen (secondary N) is 1. The Morgan fingerprint density at radius 3 is 2.82 bits per heavy atom. The highest BCUT2D eigenvalue weighted by Crippen LogP contribution is 2.11. The Morgan fingerprint density at radius 2 is 2.24 bits per heavy atom. The Morgan fingerprint density at radius 1 is 1.53 bits per heavy atom. The normalized spacial score (nSPS) is 12.1. The molecule has 0 aromatic heterocycles. The Kier molecular flexibility index (Phi) is 5.09. The Labute approximate surface area is 102 Å². The van der Waals surface area contributed by atoms with Crippen molar-refractivity contribution >= 4 is 22.4 Å². The maximum atomic E-state index is 13.4. The van der Waals surface area contributed by atoms with Crippen molar-refractivity contribution in [3.63, 3.8) is 0 Å². The molecule has 0 radical (unpaired) electrons. The SMILES string of the molecule is CCS(=O)CCNC(=O)c1ccc(N)cc1F. The van der Waals surface area contributed by atoms with Crippen LogP contribution in [0.15, 0.2) is 18.2 Å². The number of benzene rings is 1. The Balaban J connectivity index is 2.55. The third-order valence-corrected chi connectivity index (χ3v) is 3.48. The molecule has 0 aliphatic heterocycles. The van der Waals surface area contributed by atoms with Gasteiger partial charge in [0.2, 0.25) is 0 Å². The van der Waals surface area contributed by atoms with Crippen LogP contribution in [0.3, 0.4) is 0 Å². The molecule has 1 aromatic carbocycles. The van der Waals surface area contributed by atoms with Crippen molar-refractivity contribution in [1.82, 2.24) is 5.32 Å². The molecule has 0 heterocycles. The maximum Gasteiger partial charge on any atom is 0.254 e. The zero-order chi connectivity index (χ0) is 12.8. The summed E-state index contributed by atoms with van der Waals surface area (Å²) in [4.78, 5) is 11.6. The smallest absolute Gasteiger partial charge is 0.254 e. The Bertz CT molecular complexity index is 437. The monoisotopic (exact) mass is 258 g/mol. The molecule has 1 unspecified atom stereocenters. The maximum absolute atomic E-state index is 13.4. The van der Waals surface area contributed by atoms with E-state index < -0.39 is 22.5 Å². The molecule has 1 amide bonds. The molecule has 1 aromatic rings. The van der Waals surface area contributed by atoms with Crippen LogP contribution < -0.4 is 11.1 Å². The fourth-order valence-corrected chi connectivity index (χ4v) is 1.85. The second kappa shape index (κ2) is 6.34. The highest BCUT2D eigenvalue weighted by atomic mass is 32.2. The highest BCUT2D eigenvalue weighted by molar-refractivity contribution is 7.84. The van der Waals surface area contributed by atoms with E-state index in [0.29, 0.717) is 11.5 Å². The lowest BCUT2D eigenvalue weighted by atomic mass is 10.2. The van der Waals surface area contributed by atoms with E-state index in [1.54, 1.807) is 6.92 Å². The number of halogens is 1. The van der Waals surface area contributed by atoms with Gasteiger partial charge in [0.1, 0.15) is 5.82 Å². The molecule has 1 rings (SSSR count). The van der Waals surface area contributed by atoms with Gasteiger partial charge < -0.3 is 11.1 Å². The van der Waals surface area contributed by atoms with Crippen LogP contribution in [0, 0.1) is 5.82 Å². The number of nitrogen functional groups attached to an aromatic ring is 1. The first-order chi connectivity index (χ1) is 8.04. The zero-order valence-corrected chi connectivity index (χ0v) is 10.3. The topological polar surface area (TPSA) is 72.2 Å². The van der Waals surface area contributed by atoms with Gasteiger partial charge in [0.15, 0.2) is 0 Å². The summed E-state index contributed by atoms with van der Waals surface area (Å²) in [7, 11) is -0.937. The molecule has 0 spiro atoms. The Hall–Kier alpha value is -1.43. The van der Waals surface area contributed by atoms with E-state index in [-0.39, 0.29) is 17.8 Å². The van der Waals surface area contributed by atoms with Crippen LogP contribution in [-0.4, -0.2) is 28.2 Å². The molecule has 0 bridgehead atoms. The molecule has 0 aliphatic rings. The van der Waals surface area contributed by atoms with Crippen LogP contribution in [0.5, 0.6) is 0 Å². The van der Waals surface area contributed by atoms with E-state index in [4.69, 9.17) is 5.73 Å². The predicted molar refractivity (Wildman–Crippen MR) is 66.7 cm³/mol. The van der Waals surface area contributed by atoms with Gasteiger partial charge in [0.25, 0.3) is 5.91 Å². The first-order valence-electron chi connectivity index (χ1n) is 5.22. The van der Waals surface area contributed by atoms with E-state index in [1.807, 2.05) is 0 Å². The third kappa shape index (κ3) is 4.14. The van der Waals surface area contributed by atoms with Gasteiger partial charge in [-0.3, -0.25) is 9.00 Å².